The standard InChI is InChI=1S/C13H11ClN4O3/c1-8(21-13(20)10-7-15-4-5-16-10)12(19)18-11-3-2-9(14)6-17-11/h2-8H,1H3,(H,17,18,19)/t8-/m0/s1. The van der Waals surface area contributed by atoms with E-state index in [0.717, 1.165) is 0 Å². The predicted octanol–water partition coefficient (Wildman–Crippen LogP) is 1.71. The van der Waals surface area contributed by atoms with Crippen LogP contribution in [-0.4, -0.2) is 32.9 Å². The number of nitrogens with one attached hydrogen (secondary N) is 1. The molecule has 0 spiro atoms. The molecular weight excluding hydrogens is 296 g/mol. The van der Waals surface area contributed by atoms with Gasteiger partial charge in [0.05, 0.1) is 11.2 Å². The molecule has 2 aromatic heterocycles. The van der Waals surface area contributed by atoms with Gasteiger partial charge >= 0.3 is 5.97 Å². The van der Waals surface area contributed by atoms with E-state index in [4.69, 9.17) is 16.3 Å². The molecule has 7 nitrogen and oxygen atoms in total. The van der Waals surface area contributed by atoms with Crippen molar-refractivity contribution >= 4 is 29.3 Å². The number of halogens is 1. The molecule has 0 aliphatic rings. The number of carbonyl (C=O) groups excluding carboxylic acids is 2. The van der Waals surface area contributed by atoms with Gasteiger partial charge in [-0.2, -0.15) is 0 Å². The fourth-order valence-electron chi connectivity index (χ4n) is 1.36. The summed E-state index contributed by atoms with van der Waals surface area (Å²) >= 11 is 5.69. The highest BCUT2D eigenvalue weighted by Gasteiger charge is 2.20. The van der Waals surface area contributed by atoms with Gasteiger partial charge in [-0.25, -0.2) is 14.8 Å². The third-order valence-electron chi connectivity index (χ3n) is 2.40. The van der Waals surface area contributed by atoms with Crippen molar-refractivity contribution in [2.24, 2.45) is 0 Å². The second-order valence-electron chi connectivity index (χ2n) is 3.99. The Morgan fingerprint density at radius 2 is 2.05 bits per heavy atom. The van der Waals surface area contributed by atoms with Crippen LogP contribution >= 0.6 is 11.6 Å². The SMILES string of the molecule is C[C@H](OC(=O)c1cnccn1)C(=O)Nc1ccc(Cl)cn1. The van der Waals surface area contributed by atoms with Crippen LogP contribution < -0.4 is 5.32 Å². The van der Waals surface area contributed by atoms with Crippen LogP contribution in [0.3, 0.4) is 0 Å². The lowest BCUT2D eigenvalue weighted by molar-refractivity contribution is -0.123. The zero-order valence-electron chi connectivity index (χ0n) is 11.0. The summed E-state index contributed by atoms with van der Waals surface area (Å²) in [6.07, 6.45) is 4.44. The largest absolute Gasteiger partial charge is 0.448 e. The Bertz CT molecular complexity index is 634. The average Bonchev–Trinajstić information content (AvgIpc) is 2.50. The highest BCUT2D eigenvalue weighted by Crippen LogP contribution is 2.10. The van der Waals surface area contributed by atoms with E-state index in [1.165, 1.54) is 37.8 Å². The van der Waals surface area contributed by atoms with E-state index < -0.39 is 18.0 Å². The van der Waals surface area contributed by atoms with Crippen LogP contribution in [0.25, 0.3) is 0 Å². The van der Waals surface area contributed by atoms with E-state index >= 15 is 0 Å². The van der Waals surface area contributed by atoms with Crippen molar-refractivity contribution < 1.29 is 14.3 Å². The number of hydrogen-bond donors (Lipinski definition) is 1. The lowest BCUT2D eigenvalue weighted by Gasteiger charge is -2.12. The van der Waals surface area contributed by atoms with Gasteiger partial charge in [-0.05, 0) is 19.1 Å². The Balaban J connectivity index is 1.93. The minimum Gasteiger partial charge on any atom is -0.448 e. The molecule has 0 saturated carbocycles. The van der Waals surface area contributed by atoms with Crippen LogP contribution in [0.2, 0.25) is 5.02 Å². The summed E-state index contributed by atoms with van der Waals surface area (Å²) in [5, 5.41) is 2.96. The molecule has 0 unspecified atom stereocenters. The van der Waals surface area contributed by atoms with Gasteiger partial charge in [0.1, 0.15) is 5.82 Å². The molecule has 0 fully saturated rings. The van der Waals surface area contributed by atoms with E-state index in [1.54, 1.807) is 6.07 Å². The molecular formula is C13H11ClN4O3. The van der Waals surface area contributed by atoms with Gasteiger partial charge in [-0.1, -0.05) is 11.6 Å². The van der Waals surface area contributed by atoms with Gasteiger partial charge in [0.2, 0.25) is 0 Å². The number of pyridine rings is 1. The highest BCUT2D eigenvalue weighted by atomic mass is 35.5. The number of carbonyl (C=O) groups is 2. The minimum absolute atomic E-state index is 0.0294. The van der Waals surface area contributed by atoms with Crippen LogP contribution in [0.4, 0.5) is 5.82 Å². The molecule has 8 heteroatoms. The summed E-state index contributed by atoms with van der Waals surface area (Å²) in [6, 6.07) is 3.12. The minimum atomic E-state index is -1.00. The van der Waals surface area contributed by atoms with E-state index in [9.17, 15) is 9.59 Å². The smallest absolute Gasteiger partial charge is 0.359 e. The molecule has 0 radical (unpaired) electrons. The van der Waals surface area contributed by atoms with E-state index in [-0.39, 0.29) is 5.69 Å². The molecule has 2 aromatic rings. The highest BCUT2D eigenvalue weighted by molar-refractivity contribution is 6.30. The molecule has 21 heavy (non-hydrogen) atoms. The first-order chi connectivity index (χ1) is 10.1. The molecule has 1 atom stereocenters. The number of anilines is 1. The first-order valence-corrected chi connectivity index (χ1v) is 6.33. The van der Waals surface area contributed by atoms with Crippen molar-refractivity contribution in [3.05, 3.63) is 47.6 Å². The fourth-order valence-corrected chi connectivity index (χ4v) is 1.47. The molecule has 0 bridgehead atoms. The van der Waals surface area contributed by atoms with Crippen LogP contribution in [0, 0.1) is 0 Å². The lowest BCUT2D eigenvalue weighted by Crippen LogP contribution is -2.30. The Morgan fingerprint density at radius 3 is 2.67 bits per heavy atom. The molecule has 0 aliphatic heterocycles. The molecule has 1 amide bonds. The summed E-state index contributed by atoms with van der Waals surface area (Å²) < 4.78 is 4.99. The summed E-state index contributed by atoms with van der Waals surface area (Å²) in [5.41, 5.74) is 0.0294. The molecule has 0 aromatic carbocycles. The molecule has 0 aliphatic carbocycles. The fraction of sp³-hybridized carbons (Fsp3) is 0.154. The quantitative estimate of drug-likeness (QED) is 0.864. The summed E-state index contributed by atoms with van der Waals surface area (Å²) in [6.45, 7) is 1.44. The number of esters is 1. The average molecular weight is 307 g/mol. The first-order valence-electron chi connectivity index (χ1n) is 5.95. The van der Waals surface area contributed by atoms with Crippen molar-refractivity contribution in [2.45, 2.75) is 13.0 Å². The predicted molar refractivity (Wildman–Crippen MR) is 74.8 cm³/mol. The van der Waals surface area contributed by atoms with Gasteiger partial charge in [0.15, 0.2) is 11.8 Å². The van der Waals surface area contributed by atoms with E-state index in [1.807, 2.05) is 0 Å². The maximum atomic E-state index is 11.9. The van der Waals surface area contributed by atoms with Crippen molar-refractivity contribution in [2.75, 3.05) is 5.32 Å². The van der Waals surface area contributed by atoms with Crippen molar-refractivity contribution in [1.82, 2.24) is 15.0 Å². The third kappa shape index (κ3) is 4.22. The number of amides is 1. The molecule has 2 heterocycles. The molecule has 0 saturated heterocycles. The molecule has 2 rings (SSSR count). The molecule has 1 N–H and O–H groups in total. The van der Waals surface area contributed by atoms with E-state index in [0.29, 0.717) is 10.8 Å². The Morgan fingerprint density at radius 1 is 1.24 bits per heavy atom. The van der Waals surface area contributed by atoms with Crippen molar-refractivity contribution in [3.63, 3.8) is 0 Å². The number of hydrogen-bond acceptors (Lipinski definition) is 6. The number of aromatic nitrogens is 3. The van der Waals surface area contributed by atoms with Crippen LogP contribution in [-0.2, 0) is 9.53 Å². The second kappa shape index (κ2) is 6.76. The first kappa shape index (κ1) is 14.9. The van der Waals surface area contributed by atoms with Crippen LogP contribution in [0.15, 0.2) is 36.9 Å². The van der Waals surface area contributed by atoms with Gasteiger partial charge in [-0.15, -0.1) is 0 Å². The Kier molecular flexibility index (Phi) is 4.78. The zero-order valence-corrected chi connectivity index (χ0v) is 11.7. The normalized spacial score (nSPS) is 11.5. The number of rotatable bonds is 4. The summed E-state index contributed by atoms with van der Waals surface area (Å²) in [7, 11) is 0. The van der Waals surface area contributed by atoms with Crippen molar-refractivity contribution in [1.29, 1.82) is 0 Å². The monoisotopic (exact) mass is 306 g/mol. The lowest BCUT2D eigenvalue weighted by atomic mass is 10.3. The van der Waals surface area contributed by atoms with Crippen LogP contribution in [0.1, 0.15) is 17.4 Å². The van der Waals surface area contributed by atoms with E-state index in [2.05, 4.69) is 20.3 Å². The molecule has 108 valence electrons. The number of nitrogens with zero attached hydrogens (tertiary/aromatic N) is 3. The van der Waals surface area contributed by atoms with Gasteiger partial charge in [-0.3, -0.25) is 9.78 Å². The third-order valence-corrected chi connectivity index (χ3v) is 2.63. The Labute approximate surface area is 125 Å². The maximum absolute atomic E-state index is 11.9. The van der Waals surface area contributed by atoms with Crippen molar-refractivity contribution in [3.8, 4) is 0 Å². The van der Waals surface area contributed by atoms with Gasteiger partial charge in [0, 0.05) is 18.6 Å². The topological polar surface area (TPSA) is 94.1 Å². The summed E-state index contributed by atoms with van der Waals surface area (Å²) in [4.78, 5) is 35.0. The van der Waals surface area contributed by atoms with Gasteiger partial charge in [0.25, 0.3) is 5.91 Å². The zero-order chi connectivity index (χ0) is 15.2. The maximum Gasteiger partial charge on any atom is 0.359 e. The van der Waals surface area contributed by atoms with Gasteiger partial charge < -0.3 is 10.1 Å². The second-order valence-corrected chi connectivity index (χ2v) is 4.43. The Hall–Kier alpha value is -2.54. The van der Waals surface area contributed by atoms with Crippen LogP contribution in [0.5, 0.6) is 0 Å². The summed E-state index contributed by atoms with van der Waals surface area (Å²) in [5.74, 6) is -0.927. The number of ether oxygens (including phenoxy) is 1.